The van der Waals surface area contributed by atoms with Crippen LogP contribution in [0.4, 0.5) is 0 Å². The molecule has 0 saturated carbocycles. The van der Waals surface area contributed by atoms with Crippen molar-refractivity contribution < 1.29 is 9.47 Å². The summed E-state index contributed by atoms with van der Waals surface area (Å²) in [6.07, 6.45) is 3.20. The maximum atomic E-state index is 5.99. The SMILES string of the molecule is CCCC(C)Oc1cc(OC)ccc1CC(C)N. The number of hydrogen-bond acceptors (Lipinski definition) is 3. The third-order valence-electron chi connectivity index (χ3n) is 2.84. The topological polar surface area (TPSA) is 44.5 Å². The Hall–Kier alpha value is -1.22. The molecule has 0 bridgehead atoms. The zero-order valence-electron chi connectivity index (χ0n) is 11.9. The van der Waals surface area contributed by atoms with Crippen LogP contribution in [-0.2, 0) is 6.42 Å². The molecule has 0 heterocycles. The Bertz CT molecular complexity index is 364. The lowest BCUT2D eigenvalue weighted by atomic mass is 10.1. The van der Waals surface area contributed by atoms with Crippen LogP contribution in [0.1, 0.15) is 39.2 Å². The van der Waals surface area contributed by atoms with Gasteiger partial charge >= 0.3 is 0 Å². The first kappa shape index (κ1) is 14.8. The normalized spacial score (nSPS) is 14.1. The summed E-state index contributed by atoms with van der Waals surface area (Å²) in [4.78, 5) is 0. The van der Waals surface area contributed by atoms with Crippen molar-refractivity contribution in [2.75, 3.05) is 7.11 Å². The highest BCUT2D eigenvalue weighted by atomic mass is 16.5. The first-order chi connectivity index (χ1) is 8.56. The maximum Gasteiger partial charge on any atom is 0.126 e. The summed E-state index contributed by atoms with van der Waals surface area (Å²) >= 11 is 0. The number of rotatable bonds is 7. The van der Waals surface area contributed by atoms with Gasteiger partial charge in [-0.1, -0.05) is 19.4 Å². The van der Waals surface area contributed by atoms with Crippen molar-refractivity contribution in [2.45, 2.75) is 52.2 Å². The Labute approximate surface area is 110 Å². The van der Waals surface area contributed by atoms with Gasteiger partial charge in [0.15, 0.2) is 0 Å². The summed E-state index contributed by atoms with van der Waals surface area (Å²) in [6, 6.07) is 6.07. The van der Waals surface area contributed by atoms with E-state index in [0.717, 1.165) is 36.3 Å². The van der Waals surface area contributed by atoms with Gasteiger partial charge in [-0.3, -0.25) is 0 Å². The van der Waals surface area contributed by atoms with Crippen molar-refractivity contribution >= 4 is 0 Å². The molecule has 18 heavy (non-hydrogen) atoms. The predicted molar refractivity (Wildman–Crippen MR) is 75.3 cm³/mol. The van der Waals surface area contributed by atoms with Crippen molar-refractivity contribution in [3.63, 3.8) is 0 Å². The maximum absolute atomic E-state index is 5.99. The van der Waals surface area contributed by atoms with Crippen LogP contribution in [0.15, 0.2) is 18.2 Å². The molecule has 2 atom stereocenters. The summed E-state index contributed by atoms with van der Waals surface area (Å²) in [5.41, 5.74) is 7.01. The fraction of sp³-hybridized carbons (Fsp3) is 0.600. The quantitative estimate of drug-likeness (QED) is 0.809. The highest BCUT2D eigenvalue weighted by molar-refractivity contribution is 5.41. The largest absolute Gasteiger partial charge is 0.497 e. The second-order valence-electron chi connectivity index (χ2n) is 4.87. The summed E-state index contributed by atoms with van der Waals surface area (Å²) in [6.45, 7) is 6.26. The summed E-state index contributed by atoms with van der Waals surface area (Å²) in [5, 5.41) is 0. The van der Waals surface area contributed by atoms with Crippen molar-refractivity contribution in [2.24, 2.45) is 5.73 Å². The molecular formula is C15H25NO2. The van der Waals surface area contributed by atoms with E-state index in [1.807, 2.05) is 25.1 Å². The third kappa shape index (κ3) is 4.57. The van der Waals surface area contributed by atoms with Gasteiger partial charge < -0.3 is 15.2 Å². The van der Waals surface area contributed by atoms with Crippen LogP contribution < -0.4 is 15.2 Å². The molecule has 0 fully saturated rings. The van der Waals surface area contributed by atoms with Gasteiger partial charge in [0.25, 0.3) is 0 Å². The molecule has 0 aromatic heterocycles. The molecule has 3 heteroatoms. The molecule has 1 aromatic carbocycles. The van der Waals surface area contributed by atoms with E-state index in [1.54, 1.807) is 7.11 Å². The Morgan fingerprint density at radius 1 is 1.28 bits per heavy atom. The van der Waals surface area contributed by atoms with Crippen molar-refractivity contribution in [3.8, 4) is 11.5 Å². The van der Waals surface area contributed by atoms with Crippen molar-refractivity contribution in [1.29, 1.82) is 0 Å². The van der Waals surface area contributed by atoms with Gasteiger partial charge in [0.05, 0.1) is 13.2 Å². The monoisotopic (exact) mass is 251 g/mol. The Balaban J connectivity index is 2.88. The lowest BCUT2D eigenvalue weighted by Crippen LogP contribution is -2.19. The standard InChI is InChI=1S/C15H25NO2/c1-5-6-12(3)18-15-10-14(17-4)8-7-13(15)9-11(2)16/h7-8,10-12H,5-6,9,16H2,1-4H3. The van der Waals surface area contributed by atoms with Crippen LogP contribution in [0.3, 0.4) is 0 Å². The molecule has 0 radical (unpaired) electrons. The molecule has 3 nitrogen and oxygen atoms in total. The fourth-order valence-electron chi connectivity index (χ4n) is 1.97. The van der Waals surface area contributed by atoms with Crippen LogP contribution in [0.5, 0.6) is 11.5 Å². The molecule has 2 unspecified atom stereocenters. The molecule has 0 saturated heterocycles. The molecule has 0 aliphatic carbocycles. The van der Waals surface area contributed by atoms with Gasteiger partial charge in [-0.2, -0.15) is 0 Å². The van der Waals surface area contributed by atoms with E-state index in [1.165, 1.54) is 0 Å². The van der Waals surface area contributed by atoms with Crippen LogP contribution in [0.2, 0.25) is 0 Å². The second-order valence-corrected chi connectivity index (χ2v) is 4.87. The number of nitrogens with two attached hydrogens (primary N) is 1. The molecule has 1 aromatic rings. The van der Waals surface area contributed by atoms with Gasteiger partial charge in [-0.15, -0.1) is 0 Å². The first-order valence-electron chi connectivity index (χ1n) is 6.66. The van der Waals surface area contributed by atoms with Crippen LogP contribution in [0.25, 0.3) is 0 Å². The zero-order chi connectivity index (χ0) is 13.5. The molecule has 0 aliphatic heterocycles. The lowest BCUT2D eigenvalue weighted by molar-refractivity contribution is 0.207. The summed E-state index contributed by atoms with van der Waals surface area (Å²) in [5.74, 6) is 1.72. The van der Waals surface area contributed by atoms with Crippen LogP contribution >= 0.6 is 0 Å². The second kappa shape index (κ2) is 7.27. The Morgan fingerprint density at radius 2 is 2.00 bits per heavy atom. The van der Waals surface area contributed by atoms with Gasteiger partial charge in [-0.05, 0) is 38.3 Å². The molecule has 0 amide bonds. The average Bonchev–Trinajstić information content (AvgIpc) is 2.31. The average molecular weight is 251 g/mol. The van der Waals surface area contributed by atoms with Crippen molar-refractivity contribution in [3.05, 3.63) is 23.8 Å². The minimum atomic E-state index is 0.127. The zero-order valence-corrected chi connectivity index (χ0v) is 11.9. The van der Waals surface area contributed by atoms with E-state index >= 15 is 0 Å². The van der Waals surface area contributed by atoms with Crippen LogP contribution in [0, 0.1) is 0 Å². The minimum absolute atomic E-state index is 0.127. The predicted octanol–water partition coefficient (Wildman–Crippen LogP) is 3.15. The van der Waals surface area contributed by atoms with Gasteiger partial charge in [0, 0.05) is 12.1 Å². The highest BCUT2D eigenvalue weighted by Crippen LogP contribution is 2.27. The van der Waals surface area contributed by atoms with E-state index in [2.05, 4.69) is 13.8 Å². The Kier molecular flexibility index (Phi) is 5.99. The highest BCUT2D eigenvalue weighted by Gasteiger charge is 2.11. The van der Waals surface area contributed by atoms with E-state index < -0.39 is 0 Å². The summed E-state index contributed by atoms with van der Waals surface area (Å²) in [7, 11) is 1.67. The minimum Gasteiger partial charge on any atom is -0.497 e. The van der Waals surface area contributed by atoms with E-state index in [0.29, 0.717) is 0 Å². The van der Waals surface area contributed by atoms with Crippen molar-refractivity contribution in [1.82, 2.24) is 0 Å². The molecular weight excluding hydrogens is 226 g/mol. The van der Waals surface area contributed by atoms with E-state index in [4.69, 9.17) is 15.2 Å². The molecule has 102 valence electrons. The van der Waals surface area contributed by atoms with Crippen LogP contribution in [-0.4, -0.2) is 19.3 Å². The lowest BCUT2D eigenvalue weighted by Gasteiger charge is -2.18. The fourth-order valence-corrected chi connectivity index (χ4v) is 1.97. The molecule has 0 spiro atoms. The third-order valence-corrected chi connectivity index (χ3v) is 2.84. The number of benzene rings is 1. The van der Waals surface area contributed by atoms with Gasteiger partial charge in [0.2, 0.25) is 0 Å². The van der Waals surface area contributed by atoms with E-state index in [9.17, 15) is 0 Å². The number of hydrogen-bond donors (Lipinski definition) is 1. The number of methoxy groups -OCH3 is 1. The molecule has 0 aliphatic rings. The summed E-state index contributed by atoms with van der Waals surface area (Å²) < 4.78 is 11.2. The van der Waals surface area contributed by atoms with E-state index in [-0.39, 0.29) is 12.1 Å². The molecule has 2 N–H and O–H groups in total. The van der Waals surface area contributed by atoms with Gasteiger partial charge in [-0.25, -0.2) is 0 Å². The Morgan fingerprint density at radius 3 is 2.56 bits per heavy atom. The first-order valence-corrected chi connectivity index (χ1v) is 6.66. The number of ether oxygens (including phenoxy) is 2. The van der Waals surface area contributed by atoms with Gasteiger partial charge in [0.1, 0.15) is 11.5 Å². The smallest absolute Gasteiger partial charge is 0.126 e. The molecule has 1 rings (SSSR count).